The molecule has 3 rings (SSSR count). The third-order valence-electron chi connectivity index (χ3n) is 3.66. The Balaban J connectivity index is 2.01. The second-order valence-corrected chi connectivity index (χ2v) is 8.22. The molecule has 1 aromatic heterocycles. The average Bonchev–Trinajstić information content (AvgIpc) is 2.62. The third kappa shape index (κ3) is 4.39. The Hall–Kier alpha value is -1.77. The van der Waals surface area contributed by atoms with E-state index in [4.69, 9.17) is 4.74 Å². The van der Waals surface area contributed by atoms with Crippen molar-refractivity contribution in [1.29, 1.82) is 0 Å². The molecule has 0 saturated heterocycles. The second kappa shape index (κ2) is 8.50. The molecule has 0 aliphatic heterocycles. The summed E-state index contributed by atoms with van der Waals surface area (Å²) in [5, 5.41) is 4.83. The van der Waals surface area contributed by atoms with E-state index in [1.165, 1.54) is 4.68 Å². The largest absolute Gasteiger partial charge is 0.487 e. The number of hydrogen-bond acceptors (Lipinski definition) is 4. The van der Waals surface area contributed by atoms with Crippen LogP contribution < -0.4 is 10.3 Å². The molecule has 0 bridgehead atoms. The maximum atomic E-state index is 12.8. The van der Waals surface area contributed by atoms with Crippen LogP contribution in [0, 0.1) is 6.92 Å². The predicted molar refractivity (Wildman–Crippen MR) is 119 cm³/mol. The van der Waals surface area contributed by atoms with Crippen LogP contribution in [-0.2, 0) is 0 Å². The van der Waals surface area contributed by atoms with Gasteiger partial charge in [-0.25, -0.2) is 4.98 Å². The van der Waals surface area contributed by atoms with Crippen molar-refractivity contribution in [3.05, 3.63) is 78.1 Å². The minimum Gasteiger partial charge on any atom is -0.487 e. The lowest BCUT2D eigenvalue weighted by Crippen LogP contribution is -2.20. The SMILES string of the molecule is C=CCOc1c(Br)cc(C=Nn2c(C)nc3ccc(Br)cc3c2=O)cc1Br. The molecule has 0 saturated carbocycles. The van der Waals surface area contributed by atoms with Crippen LogP contribution in [0.5, 0.6) is 5.75 Å². The molecule has 8 heteroatoms. The first-order valence-corrected chi connectivity index (χ1v) is 10.2. The molecule has 138 valence electrons. The van der Waals surface area contributed by atoms with Gasteiger partial charge in [-0.1, -0.05) is 28.6 Å². The van der Waals surface area contributed by atoms with Crippen molar-refractivity contribution in [3.63, 3.8) is 0 Å². The molecule has 0 amide bonds. The zero-order valence-electron chi connectivity index (χ0n) is 14.2. The number of rotatable bonds is 5. The molecule has 0 radical (unpaired) electrons. The van der Waals surface area contributed by atoms with Crippen molar-refractivity contribution in [2.24, 2.45) is 5.10 Å². The molecule has 0 unspecified atom stereocenters. The van der Waals surface area contributed by atoms with Gasteiger partial charge in [0.25, 0.3) is 5.56 Å². The highest BCUT2D eigenvalue weighted by Crippen LogP contribution is 2.34. The first-order chi connectivity index (χ1) is 12.9. The smallest absolute Gasteiger partial charge is 0.282 e. The summed E-state index contributed by atoms with van der Waals surface area (Å²) in [6.07, 6.45) is 3.28. The molecule has 0 N–H and O–H groups in total. The molecule has 0 fully saturated rings. The van der Waals surface area contributed by atoms with Gasteiger partial charge < -0.3 is 4.74 Å². The molecular weight excluding hydrogens is 542 g/mol. The van der Waals surface area contributed by atoms with Gasteiger partial charge in [-0.15, -0.1) is 0 Å². The molecule has 5 nitrogen and oxygen atoms in total. The predicted octanol–water partition coefficient (Wildman–Crippen LogP) is 5.44. The summed E-state index contributed by atoms with van der Waals surface area (Å²) in [7, 11) is 0. The van der Waals surface area contributed by atoms with Gasteiger partial charge in [-0.2, -0.15) is 9.78 Å². The van der Waals surface area contributed by atoms with Crippen molar-refractivity contribution in [2.75, 3.05) is 6.61 Å². The fraction of sp³-hybridized carbons (Fsp3) is 0.105. The van der Waals surface area contributed by atoms with E-state index in [0.717, 1.165) is 19.0 Å². The maximum Gasteiger partial charge on any atom is 0.282 e. The third-order valence-corrected chi connectivity index (χ3v) is 5.33. The highest BCUT2D eigenvalue weighted by Gasteiger charge is 2.10. The number of aromatic nitrogens is 2. The molecule has 2 aromatic carbocycles. The van der Waals surface area contributed by atoms with E-state index in [0.29, 0.717) is 29.1 Å². The molecular formula is C19H14Br3N3O2. The number of hydrogen-bond donors (Lipinski definition) is 0. The van der Waals surface area contributed by atoms with E-state index in [1.54, 1.807) is 31.3 Å². The van der Waals surface area contributed by atoms with Crippen LogP contribution >= 0.6 is 47.8 Å². The lowest BCUT2D eigenvalue weighted by atomic mass is 10.2. The lowest BCUT2D eigenvalue weighted by molar-refractivity contribution is 0.358. The van der Waals surface area contributed by atoms with Gasteiger partial charge in [0.05, 0.1) is 26.1 Å². The number of nitrogens with zero attached hydrogens (tertiary/aromatic N) is 3. The summed E-state index contributed by atoms with van der Waals surface area (Å²) in [4.78, 5) is 17.2. The van der Waals surface area contributed by atoms with Crippen LogP contribution in [0.25, 0.3) is 10.9 Å². The minimum atomic E-state index is -0.223. The van der Waals surface area contributed by atoms with Crippen LogP contribution in [0.15, 0.2) is 66.3 Å². The number of aryl methyl sites for hydroxylation is 1. The molecule has 1 heterocycles. The lowest BCUT2D eigenvalue weighted by Gasteiger charge is -2.09. The van der Waals surface area contributed by atoms with E-state index in [9.17, 15) is 4.79 Å². The van der Waals surface area contributed by atoms with E-state index in [-0.39, 0.29) is 5.56 Å². The van der Waals surface area contributed by atoms with Crippen LogP contribution in [-0.4, -0.2) is 22.5 Å². The fourth-order valence-electron chi connectivity index (χ4n) is 2.45. The van der Waals surface area contributed by atoms with Crippen molar-refractivity contribution in [3.8, 4) is 5.75 Å². The van der Waals surface area contributed by atoms with Crippen molar-refractivity contribution in [2.45, 2.75) is 6.92 Å². The summed E-state index contributed by atoms with van der Waals surface area (Å²) in [6, 6.07) is 9.12. The van der Waals surface area contributed by atoms with E-state index < -0.39 is 0 Å². The van der Waals surface area contributed by atoms with E-state index in [1.807, 2.05) is 18.2 Å². The highest BCUT2D eigenvalue weighted by molar-refractivity contribution is 9.11. The highest BCUT2D eigenvalue weighted by atomic mass is 79.9. The zero-order valence-corrected chi connectivity index (χ0v) is 19.0. The summed E-state index contributed by atoms with van der Waals surface area (Å²) in [5.74, 6) is 1.19. The first kappa shape index (κ1) is 20.0. The van der Waals surface area contributed by atoms with Crippen LogP contribution in [0.4, 0.5) is 0 Å². The standard InChI is InChI=1S/C19H14Br3N3O2/c1-3-6-27-18-15(21)7-12(8-16(18)22)10-23-25-11(2)24-17-5-4-13(20)9-14(17)19(25)26/h3-5,7-10H,1,6H2,2H3. The Morgan fingerprint density at radius 2 is 1.93 bits per heavy atom. The van der Waals surface area contributed by atoms with Gasteiger partial charge in [0, 0.05) is 4.47 Å². The Morgan fingerprint density at radius 3 is 2.59 bits per heavy atom. The molecule has 0 aliphatic carbocycles. The van der Waals surface area contributed by atoms with Crippen LogP contribution in [0.2, 0.25) is 0 Å². The Labute approximate surface area is 181 Å². The zero-order chi connectivity index (χ0) is 19.6. The Bertz CT molecular complexity index is 1100. The molecule has 0 aliphatic rings. The monoisotopic (exact) mass is 553 g/mol. The average molecular weight is 556 g/mol. The van der Waals surface area contributed by atoms with Crippen LogP contribution in [0.1, 0.15) is 11.4 Å². The summed E-state index contributed by atoms with van der Waals surface area (Å²) in [6.45, 7) is 5.79. The van der Waals surface area contributed by atoms with Gasteiger partial charge >= 0.3 is 0 Å². The number of fused-ring (bicyclic) bond motifs is 1. The van der Waals surface area contributed by atoms with Gasteiger partial charge in [0.15, 0.2) is 0 Å². The van der Waals surface area contributed by atoms with Crippen LogP contribution in [0.3, 0.4) is 0 Å². The van der Waals surface area contributed by atoms with Gasteiger partial charge in [-0.05, 0) is 74.7 Å². The van der Waals surface area contributed by atoms with Crippen molar-refractivity contribution in [1.82, 2.24) is 9.66 Å². The molecule has 0 spiro atoms. The normalized spacial score (nSPS) is 11.3. The molecule has 0 atom stereocenters. The number of halogens is 3. The summed E-state index contributed by atoms with van der Waals surface area (Å²) in [5.41, 5.74) is 1.21. The quantitative estimate of drug-likeness (QED) is 0.311. The Kier molecular flexibility index (Phi) is 6.29. The number of ether oxygens (including phenoxy) is 1. The molecule has 3 aromatic rings. The van der Waals surface area contributed by atoms with Gasteiger partial charge in [-0.3, -0.25) is 4.79 Å². The van der Waals surface area contributed by atoms with Gasteiger partial charge in [0.2, 0.25) is 0 Å². The number of benzene rings is 2. The Morgan fingerprint density at radius 1 is 1.22 bits per heavy atom. The molecule has 27 heavy (non-hydrogen) atoms. The second-order valence-electron chi connectivity index (χ2n) is 5.60. The van der Waals surface area contributed by atoms with E-state index in [2.05, 4.69) is 64.5 Å². The minimum absolute atomic E-state index is 0.223. The van der Waals surface area contributed by atoms with Crippen molar-refractivity contribution < 1.29 is 4.74 Å². The van der Waals surface area contributed by atoms with Gasteiger partial charge in [0.1, 0.15) is 18.2 Å². The fourth-order valence-corrected chi connectivity index (χ4v) is 4.27. The summed E-state index contributed by atoms with van der Waals surface area (Å²) < 4.78 is 9.25. The topological polar surface area (TPSA) is 56.5 Å². The van der Waals surface area contributed by atoms with Crippen molar-refractivity contribution >= 4 is 64.9 Å². The first-order valence-electron chi connectivity index (χ1n) is 7.86. The van der Waals surface area contributed by atoms with E-state index >= 15 is 0 Å². The summed E-state index contributed by atoms with van der Waals surface area (Å²) >= 11 is 10.4. The maximum absolute atomic E-state index is 12.8.